The van der Waals surface area contributed by atoms with Crippen LogP contribution in [0.1, 0.15) is 19.8 Å². The molecule has 0 aromatic carbocycles. The number of rotatable bonds is 3. The Morgan fingerprint density at radius 1 is 1.62 bits per heavy atom. The zero-order valence-electron chi connectivity index (χ0n) is 5.20. The fourth-order valence-electron chi connectivity index (χ4n) is 0.404. The zero-order chi connectivity index (χ0) is 6.24. The lowest BCUT2D eigenvalue weighted by Gasteiger charge is -1.90. The Labute approximate surface area is 50.4 Å². The molecule has 0 aromatic heterocycles. The molecule has 0 heterocycles. The van der Waals surface area contributed by atoms with Crippen molar-refractivity contribution in [1.29, 1.82) is 0 Å². The second-order valence-corrected chi connectivity index (χ2v) is 1.48. The third-order valence-electron chi connectivity index (χ3n) is 0.800. The summed E-state index contributed by atoms with van der Waals surface area (Å²) < 4.78 is 0. The first-order valence-corrected chi connectivity index (χ1v) is 2.75. The summed E-state index contributed by atoms with van der Waals surface area (Å²) in [5, 5.41) is 0. The van der Waals surface area contributed by atoms with Crippen LogP contribution in [0.2, 0.25) is 0 Å². The number of unbranched alkanes of at least 4 members (excludes halogenated alkanes) is 1. The van der Waals surface area contributed by atoms with Gasteiger partial charge in [-0.3, -0.25) is 11.3 Å². The van der Waals surface area contributed by atoms with Gasteiger partial charge in [0, 0.05) is 13.0 Å². The standard InChI is InChI=1S/C6H12N2/c1-2-3-4-5-6-8-7/h8H,4-7H2,1H3. The van der Waals surface area contributed by atoms with Gasteiger partial charge >= 0.3 is 0 Å². The Hall–Kier alpha value is -0.520. The minimum Gasteiger partial charge on any atom is -0.271 e. The maximum atomic E-state index is 5.01. The maximum Gasteiger partial charge on any atom is 0.0106 e. The summed E-state index contributed by atoms with van der Waals surface area (Å²) in [4.78, 5) is 0. The van der Waals surface area contributed by atoms with E-state index in [2.05, 4.69) is 17.3 Å². The van der Waals surface area contributed by atoms with E-state index >= 15 is 0 Å². The smallest absolute Gasteiger partial charge is 0.0106 e. The number of hydrazine groups is 1. The van der Waals surface area contributed by atoms with Crippen LogP contribution in [0, 0.1) is 11.8 Å². The molecular formula is C6H12N2. The first-order valence-electron chi connectivity index (χ1n) is 2.75. The van der Waals surface area contributed by atoms with Gasteiger partial charge in [0.1, 0.15) is 0 Å². The highest BCUT2D eigenvalue weighted by atomic mass is 15.2. The van der Waals surface area contributed by atoms with Gasteiger partial charge in [0.25, 0.3) is 0 Å². The van der Waals surface area contributed by atoms with E-state index in [0.717, 1.165) is 19.4 Å². The molecule has 0 aromatic rings. The number of nitrogens with one attached hydrogen (secondary N) is 1. The van der Waals surface area contributed by atoms with Gasteiger partial charge in [-0.2, -0.15) is 0 Å². The molecule has 46 valence electrons. The molecule has 0 bridgehead atoms. The number of hydrogen-bond acceptors (Lipinski definition) is 2. The highest BCUT2D eigenvalue weighted by molar-refractivity contribution is 4.94. The molecule has 0 atom stereocenters. The van der Waals surface area contributed by atoms with Gasteiger partial charge in [0.2, 0.25) is 0 Å². The van der Waals surface area contributed by atoms with Crippen LogP contribution < -0.4 is 11.3 Å². The van der Waals surface area contributed by atoms with Crippen LogP contribution in [0.25, 0.3) is 0 Å². The van der Waals surface area contributed by atoms with Crippen molar-refractivity contribution in [3.05, 3.63) is 0 Å². The molecule has 0 fully saturated rings. The molecule has 2 heteroatoms. The van der Waals surface area contributed by atoms with Crippen molar-refractivity contribution < 1.29 is 0 Å². The lowest BCUT2D eigenvalue weighted by molar-refractivity contribution is 0.692. The SMILES string of the molecule is CC#CCCCNN. The molecular weight excluding hydrogens is 100 g/mol. The van der Waals surface area contributed by atoms with Gasteiger partial charge in [-0.15, -0.1) is 11.8 Å². The fourth-order valence-corrected chi connectivity index (χ4v) is 0.404. The summed E-state index contributed by atoms with van der Waals surface area (Å²) in [5.74, 6) is 10.8. The quantitative estimate of drug-likeness (QED) is 0.238. The van der Waals surface area contributed by atoms with Crippen LogP contribution >= 0.6 is 0 Å². The Kier molecular flexibility index (Phi) is 6.06. The third-order valence-corrected chi connectivity index (χ3v) is 0.800. The summed E-state index contributed by atoms with van der Waals surface area (Å²) in [7, 11) is 0. The van der Waals surface area contributed by atoms with Crippen LogP contribution in [-0.2, 0) is 0 Å². The molecule has 3 N–H and O–H groups in total. The average molecular weight is 112 g/mol. The van der Waals surface area contributed by atoms with E-state index in [-0.39, 0.29) is 0 Å². The minimum absolute atomic E-state index is 0.856. The Balaban J connectivity index is 2.79. The summed E-state index contributed by atoms with van der Waals surface area (Å²) >= 11 is 0. The molecule has 0 radical (unpaired) electrons. The zero-order valence-corrected chi connectivity index (χ0v) is 5.20. The van der Waals surface area contributed by atoms with E-state index < -0.39 is 0 Å². The van der Waals surface area contributed by atoms with Gasteiger partial charge in [-0.25, -0.2) is 0 Å². The summed E-state index contributed by atoms with van der Waals surface area (Å²) in [5.41, 5.74) is 2.56. The third kappa shape index (κ3) is 5.48. The van der Waals surface area contributed by atoms with Crippen molar-refractivity contribution in [2.75, 3.05) is 6.54 Å². The summed E-state index contributed by atoms with van der Waals surface area (Å²) in [6.07, 6.45) is 1.98. The van der Waals surface area contributed by atoms with E-state index in [4.69, 9.17) is 5.84 Å². The second-order valence-electron chi connectivity index (χ2n) is 1.48. The summed E-state index contributed by atoms with van der Waals surface area (Å²) in [6, 6.07) is 0. The normalized spacial score (nSPS) is 7.75. The molecule has 0 amide bonds. The van der Waals surface area contributed by atoms with Crippen LogP contribution in [-0.4, -0.2) is 6.54 Å². The first kappa shape index (κ1) is 7.48. The number of nitrogens with two attached hydrogens (primary N) is 1. The average Bonchev–Trinajstić information content (AvgIpc) is 1.81. The van der Waals surface area contributed by atoms with Crippen molar-refractivity contribution in [2.24, 2.45) is 5.84 Å². The molecule has 0 aliphatic rings. The Morgan fingerprint density at radius 2 is 2.38 bits per heavy atom. The van der Waals surface area contributed by atoms with E-state index in [1.165, 1.54) is 0 Å². The van der Waals surface area contributed by atoms with E-state index in [1.54, 1.807) is 0 Å². The van der Waals surface area contributed by atoms with Crippen LogP contribution in [0.15, 0.2) is 0 Å². The monoisotopic (exact) mass is 112 g/mol. The van der Waals surface area contributed by atoms with Gasteiger partial charge in [0.15, 0.2) is 0 Å². The highest BCUT2D eigenvalue weighted by Crippen LogP contribution is 1.80. The predicted molar refractivity (Wildman–Crippen MR) is 34.9 cm³/mol. The number of hydrogen-bond donors (Lipinski definition) is 2. The second kappa shape index (κ2) is 6.48. The molecule has 0 saturated carbocycles. The molecule has 0 spiro atoms. The van der Waals surface area contributed by atoms with Gasteiger partial charge in [-0.05, 0) is 13.3 Å². The van der Waals surface area contributed by atoms with Crippen molar-refractivity contribution in [2.45, 2.75) is 19.8 Å². The van der Waals surface area contributed by atoms with Gasteiger partial charge < -0.3 is 0 Å². The Bertz CT molecular complexity index is 88.4. The first-order chi connectivity index (χ1) is 3.91. The van der Waals surface area contributed by atoms with E-state index in [9.17, 15) is 0 Å². The topological polar surface area (TPSA) is 38.0 Å². The van der Waals surface area contributed by atoms with Crippen LogP contribution in [0.4, 0.5) is 0 Å². The van der Waals surface area contributed by atoms with Crippen LogP contribution in [0.5, 0.6) is 0 Å². The van der Waals surface area contributed by atoms with Crippen LogP contribution in [0.3, 0.4) is 0 Å². The molecule has 0 rings (SSSR count). The maximum absolute atomic E-state index is 5.01. The van der Waals surface area contributed by atoms with Crippen molar-refractivity contribution in [3.8, 4) is 11.8 Å². The lowest BCUT2D eigenvalue weighted by Crippen LogP contribution is -2.22. The van der Waals surface area contributed by atoms with Crippen molar-refractivity contribution >= 4 is 0 Å². The van der Waals surface area contributed by atoms with Crippen molar-refractivity contribution in [3.63, 3.8) is 0 Å². The molecule has 0 unspecified atom stereocenters. The largest absolute Gasteiger partial charge is 0.271 e. The molecule has 0 saturated heterocycles. The highest BCUT2D eigenvalue weighted by Gasteiger charge is 1.77. The molecule has 0 aliphatic carbocycles. The van der Waals surface area contributed by atoms with Gasteiger partial charge in [0.05, 0.1) is 0 Å². The lowest BCUT2D eigenvalue weighted by atomic mass is 10.3. The Morgan fingerprint density at radius 3 is 2.88 bits per heavy atom. The van der Waals surface area contributed by atoms with Crippen molar-refractivity contribution in [1.82, 2.24) is 5.43 Å². The molecule has 2 nitrogen and oxygen atoms in total. The molecule has 0 aliphatic heterocycles. The minimum atomic E-state index is 0.856. The fraction of sp³-hybridized carbons (Fsp3) is 0.667. The van der Waals surface area contributed by atoms with Gasteiger partial charge in [-0.1, -0.05) is 0 Å². The summed E-state index contributed by atoms with van der Waals surface area (Å²) in [6.45, 7) is 2.70. The predicted octanol–water partition coefficient (Wildman–Crippen LogP) is 0.253. The van der Waals surface area contributed by atoms with E-state index in [0.29, 0.717) is 0 Å². The molecule has 8 heavy (non-hydrogen) atoms. The van der Waals surface area contributed by atoms with E-state index in [1.807, 2.05) is 6.92 Å².